The van der Waals surface area contributed by atoms with Crippen LogP contribution in [0.1, 0.15) is 50.9 Å². The van der Waals surface area contributed by atoms with Crippen molar-refractivity contribution in [2.45, 2.75) is 46.6 Å². The third-order valence-electron chi connectivity index (χ3n) is 2.96. The topological polar surface area (TPSA) is 41.6 Å². The van der Waals surface area contributed by atoms with Crippen molar-refractivity contribution in [3.63, 3.8) is 0 Å². The molecule has 4 nitrogen and oxygen atoms in total. The fourth-order valence-corrected chi connectivity index (χ4v) is 2.36. The summed E-state index contributed by atoms with van der Waals surface area (Å²) in [6, 6.07) is 7.15. The molecule has 1 rings (SSSR count). The quantitative estimate of drug-likeness (QED) is 0.779. The molecule has 0 aliphatic rings. The van der Waals surface area contributed by atoms with E-state index in [9.17, 15) is 4.79 Å². The second-order valence-corrected chi connectivity index (χ2v) is 5.83. The molecule has 0 saturated heterocycles. The van der Waals surface area contributed by atoms with Gasteiger partial charge in [-0.15, -0.1) is 0 Å². The first-order valence-corrected chi connectivity index (χ1v) is 8.25. The molecule has 0 aromatic heterocycles. The normalized spacial score (nSPS) is 10.4. The molecule has 0 atom stereocenters. The van der Waals surface area contributed by atoms with E-state index in [1.807, 2.05) is 30.9 Å². The Hall–Kier alpha value is -1.62. The summed E-state index contributed by atoms with van der Waals surface area (Å²) in [6.07, 6.45) is 2.06. The Kier molecular flexibility index (Phi) is 7.88. The SMILES string of the molecule is CCCN(CCC)C(=S)NC(=O)c1cccc(OC(C)C)c1. The van der Waals surface area contributed by atoms with Gasteiger partial charge >= 0.3 is 0 Å². The number of amides is 1. The van der Waals surface area contributed by atoms with Crippen LogP contribution >= 0.6 is 12.2 Å². The van der Waals surface area contributed by atoms with Gasteiger partial charge in [-0.05, 0) is 57.1 Å². The lowest BCUT2D eigenvalue weighted by molar-refractivity contribution is 0.0972. The largest absolute Gasteiger partial charge is 0.491 e. The van der Waals surface area contributed by atoms with E-state index in [2.05, 4.69) is 19.2 Å². The molecule has 122 valence electrons. The smallest absolute Gasteiger partial charge is 0.257 e. The summed E-state index contributed by atoms with van der Waals surface area (Å²) in [5.41, 5.74) is 0.549. The van der Waals surface area contributed by atoms with Gasteiger partial charge in [0, 0.05) is 18.7 Å². The van der Waals surface area contributed by atoms with Crippen LogP contribution in [-0.4, -0.2) is 35.1 Å². The van der Waals surface area contributed by atoms with E-state index in [1.165, 1.54) is 0 Å². The Morgan fingerprint density at radius 3 is 2.45 bits per heavy atom. The third kappa shape index (κ3) is 6.02. The van der Waals surface area contributed by atoms with Crippen LogP contribution in [0.5, 0.6) is 5.75 Å². The molecule has 0 fully saturated rings. The number of hydrogen-bond acceptors (Lipinski definition) is 3. The Morgan fingerprint density at radius 1 is 1.27 bits per heavy atom. The first-order valence-electron chi connectivity index (χ1n) is 7.84. The van der Waals surface area contributed by atoms with Crippen molar-refractivity contribution in [1.82, 2.24) is 10.2 Å². The van der Waals surface area contributed by atoms with Gasteiger partial charge in [-0.1, -0.05) is 19.9 Å². The van der Waals surface area contributed by atoms with Gasteiger partial charge in [0.1, 0.15) is 5.75 Å². The zero-order chi connectivity index (χ0) is 16.5. The average Bonchev–Trinajstić information content (AvgIpc) is 2.46. The van der Waals surface area contributed by atoms with E-state index >= 15 is 0 Å². The Labute approximate surface area is 138 Å². The van der Waals surface area contributed by atoms with Crippen molar-refractivity contribution in [2.75, 3.05) is 13.1 Å². The molecule has 1 N–H and O–H groups in total. The molecule has 1 aromatic carbocycles. The minimum Gasteiger partial charge on any atom is -0.491 e. The molecule has 5 heteroatoms. The molecule has 1 aromatic rings. The van der Waals surface area contributed by atoms with Crippen LogP contribution < -0.4 is 10.1 Å². The summed E-state index contributed by atoms with van der Waals surface area (Å²) in [5.74, 6) is 0.490. The van der Waals surface area contributed by atoms with Crippen LogP contribution in [0, 0.1) is 0 Å². The monoisotopic (exact) mass is 322 g/mol. The van der Waals surface area contributed by atoms with Gasteiger partial charge in [0.25, 0.3) is 5.91 Å². The molecule has 0 unspecified atom stereocenters. The third-order valence-corrected chi connectivity index (χ3v) is 3.32. The van der Waals surface area contributed by atoms with E-state index < -0.39 is 0 Å². The van der Waals surface area contributed by atoms with Crippen LogP contribution in [0.4, 0.5) is 0 Å². The van der Waals surface area contributed by atoms with Crippen LogP contribution in [0.3, 0.4) is 0 Å². The summed E-state index contributed by atoms with van der Waals surface area (Å²) >= 11 is 5.35. The van der Waals surface area contributed by atoms with Crippen LogP contribution in [0.2, 0.25) is 0 Å². The van der Waals surface area contributed by atoms with E-state index in [4.69, 9.17) is 17.0 Å². The standard InChI is InChI=1S/C17H26N2O2S/c1-5-10-19(11-6-2)17(22)18-16(20)14-8-7-9-15(12-14)21-13(3)4/h7-9,12-13H,5-6,10-11H2,1-4H3,(H,18,20,22). The number of benzene rings is 1. The van der Waals surface area contributed by atoms with Crippen molar-refractivity contribution in [2.24, 2.45) is 0 Å². The van der Waals surface area contributed by atoms with Crippen molar-refractivity contribution in [1.29, 1.82) is 0 Å². The maximum absolute atomic E-state index is 12.3. The Bertz CT molecular complexity index is 497. The van der Waals surface area contributed by atoms with Crippen LogP contribution in [0.25, 0.3) is 0 Å². The highest BCUT2D eigenvalue weighted by Crippen LogP contribution is 2.15. The maximum atomic E-state index is 12.3. The zero-order valence-corrected chi connectivity index (χ0v) is 14.7. The molecule has 0 bridgehead atoms. The van der Waals surface area contributed by atoms with Gasteiger partial charge in [-0.2, -0.15) is 0 Å². The first-order chi connectivity index (χ1) is 10.5. The average molecular weight is 322 g/mol. The fraction of sp³-hybridized carbons (Fsp3) is 0.529. The molecular formula is C17H26N2O2S. The van der Waals surface area contributed by atoms with E-state index in [-0.39, 0.29) is 12.0 Å². The van der Waals surface area contributed by atoms with Crippen molar-refractivity contribution >= 4 is 23.2 Å². The molecular weight excluding hydrogens is 296 g/mol. The van der Waals surface area contributed by atoms with Crippen LogP contribution in [-0.2, 0) is 0 Å². The van der Waals surface area contributed by atoms with Gasteiger partial charge in [0.15, 0.2) is 5.11 Å². The highest BCUT2D eigenvalue weighted by molar-refractivity contribution is 7.80. The first kappa shape index (κ1) is 18.4. The van der Waals surface area contributed by atoms with E-state index in [0.29, 0.717) is 16.4 Å². The second-order valence-electron chi connectivity index (χ2n) is 5.44. The number of hydrogen-bond donors (Lipinski definition) is 1. The fourth-order valence-electron chi connectivity index (χ4n) is 2.09. The summed E-state index contributed by atoms with van der Waals surface area (Å²) in [7, 11) is 0. The molecule has 1 amide bonds. The molecule has 22 heavy (non-hydrogen) atoms. The number of thiocarbonyl (C=S) groups is 1. The highest BCUT2D eigenvalue weighted by Gasteiger charge is 2.13. The van der Waals surface area contributed by atoms with Gasteiger partial charge in [-0.25, -0.2) is 0 Å². The lowest BCUT2D eigenvalue weighted by Gasteiger charge is -2.24. The predicted octanol–water partition coefficient (Wildman–Crippen LogP) is 3.61. The van der Waals surface area contributed by atoms with Crippen LogP contribution in [0.15, 0.2) is 24.3 Å². The number of nitrogens with zero attached hydrogens (tertiary/aromatic N) is 1. The zero-order valence-electron chi connectivity index (χ0n) is 13.9. The molecule has 0 aliphatic heterocycles. The lowest BCUT2D eigenvalue weighted by Crippen LogP contribution is -2.43. The second kappa shape index (κ2) is 9.41. The Morgan fingerprint density at radius 2 is 1.91 bits per heavy atom. The summed E-state index contributed by atoms with van der Waals surface area (Å²) in [5, 5.41) is 3.30. The summed E-state index contributed by atoms with van der Waals surface area (Å²) < 4.78 is 5.61. The van der Waals surface area contributed by atoms with Crippen molar-refractivity contribution in [3.05, 3.63) is 29.8 Å². The maximum Gasteiger partial charge on any atom is 0.257 e. The van der Waals surface area contributed by atoms with E-state index in [0.717, 1.165) is 25.9 Å². The van der Waals surface area contributed by atoms with Crippen molar-refractivity contribution < 1.29 is 9.53 Å². The number of carbonyl (C=O) groups is 1. The van der Waals surface area contributed by atoms with Gasteiger partial charge in [-0.3, -0.25) is 10.1 Å². The van der Waals surface area contributed by atoms with Gasteiger partial charge < -0.3 is 9.64 Å². The van der Waals surface area contributed by atoms with E-state index in [1.54, 1.807) is 12.1 Å². The number of rotatable bonds is 7. The molecule has 0 heterocycles. The predicted molar refractivity (Wildman–Crippen MR) is 94.4 cm³/mol. The number of ether oxygens (including phenoxy) is 1. The highest BCUT2D eigenvalue weighted by atomic mass is 32.1. The van der Waals surface area contributed by atoms with Gasteiger partial charge in [0.05, 0.1) is 6.10 Å². The van der Waals surface area contributed by atoms with Gasteiger partial charge in [0.2, 0.25) is 0 Å². The lowest BCUT2D eigenvalue weighted by atomic mass is 10.2. The molecule has 0 saturated carbocycles. The number of carbonyl (C=O) groups excluding carboxylic acids is 1. The molecule has 0 spiro atoms. The minimum absolute atomic E-state index is 0.0731. The molecule has 0 radical (unpaired) electrons. The summed E-state index contributed by atoms with van der Waals surface area (Å²) in [4.78, 5) is 14.4. The minimum atomic E-state index is -0.198. The Balaban J connectivity index is 2.73. The number of nitrogens with one attached hydrogen (secondary N) is 1. The molecule has 0 aliphatic carbocycles. The summed E-state index contributed by atoms with van der Waals surface area (Å²) in [6.45, 7) is 9.80. The van der Waals surface area contributed by atoms with Crippen molar-refractivity contribution in [3.8, 4) is 5.75 Å².